The molecule has 0 aliphatic carbocycles. The lowest BCUT2D eigenvalue weighted by molar-refractivity contribution is -0.403. The summed E-state index contributed by atoms with van der Waals surface area (Å²) in [6.07, 6.45) is -20.9. The van der Waals surface area contributed by atoms with Crippen LogP contribution in [0.25, 0.3) is 0 Å². The lowest BCUT2D eigenvalue weighted by atomic mass is 9.94. The largest absolute Gasteiger partial charge is 0.382 e. The summed E-state index contributed by atoms with van der Waals surface area (Å²) in [7, 11) is 20.2. The first-order valence-electron chi connectivity index (χ1n) is 28.1. The molecular formula is C58H90O25. The fourth-order valence-electron chi connectivity index (χ4n) is 12.3. The van der Waals surface area contributed by atoms with Gasteiger partial charge in [0, 0.05) is 98.0 Å². The molecule has 2 aromatic rings. The van der Waals surface area contributed by atoms with Crippen LogP contribution in [0.3, 0.4) is 0 Å². The summed E-state index contributed by atoms with van der Waals surface area (Å²) in [5, 5.41) is 0. The Balaban J connectivity index is 0.990. The van der Waals surface area contributed by atoms with Gasteiger partial charge in [0.15, 0.2) is 31.5 Å². The number of hydrogen-bond acceptors (Lipinski definition) is 25. The normalized spacial score (nSPS) is 41.4. The van der Waals surface area contributed by atoms with E-state index < -0.39 is 154 Å². The molecule has 0 N–H and O–H groups in total. The third-order valence-corrected chi connectivity index (χ3v) is 16.3. The molecule has 25 nitrogen and oxygen atoms in total. The van der Waals surface area contributed by atoms with Gasteiger partial charge in [0.25, 0.3) is 0 Å². The first-order valence-corrected chi connectivity index (χ1v) is 28.1. The highest BCUT2D eigenvalue weighted by Gasteiger charge is 2.59. The maximum atomic E-state index is 6.98. The summed E-state index contributed by atoms with van der Waals surface area (Å²) in [5.74, 6) is 0. The lowest BCUT2D eigenvalue weighted by Crippen LogP contribution is -2.69. The van der Waals surface area contributed by atoms with Crippen molar-refractivity contribution in [1.29, 1.82) is 0 Å². The molecule has 0 bridgehead atoms. The molecule has 11 unspecified atom stereocenters. The van der Waals surface area contributed by atoms with E-state index in [9.17, 15) is 0 Å². The second-order valence-electron chi connectivity index (χ2n) is 21.0. The third kappa shape index (κ3) is 15.1. The molecule has 2 aromatic carbocycles. The number of benzene rings is 2. The fraction of sp³-hybridized carbons (Fsp3) is 0.793. The molecule has 6 saturated heterocycles. The van der Waals surface area contributed by atoms with Crippen LogP contribution in [0.2, 0.25) is 0 Å². The fourth-order valence-corrected chi connectivity index (χ4v) is 12.3. The van der Waals surface area contributed by atoms with Gasteiger partial charge in [-0.3, -0.25) is 0 Å². The van der Waals surface area contributed by atoms with E-state index in [0.717, 1.165) is 11.1 Å². The van der Waals surface area contributed by atoms with E-state index in [2.05, 4.69) is 0 Å². The van der Waals surface area contributed by atoms with Gasteiger partial charge >= 0.3 is 0 Å². The molecule has 472 valence electrons. The van der Waals surface area contributed by atoms with Crippen molar-refractivity contribution in [3.63, 3.8) is 0 Å². The second kappa shape index (κ2) is 32.6. The lowest BCUT2D eigenvalue weighted by Gasteiger charge is -2.52. The first-order chi connectivity index (χ1) is 40.5. The number of methoxy groups -OCH3 is 13. The highest BCUT2D eigenvalue weighted by molar-refractivity contribution is 5.17. The minimum atomic E-state index is -1.15. The molecule has 8 rings (SSSR count). The molecule has 6 aliphatic rings. The number of hydrogen-bond donors (Lipinski definition) is 0. The predicted molar refractivity (Wildman–Crippen MR) is 288 cm³/mol. The zero-order chi connectivity index (χ0) is 59.2. The molecule has 0 radical (unpaired) electrons. The molecule has 6 heterocycles. The van der Waals surface area contributed by atoms with E-state index in [-0.39, 0.29) is 39.1 Å². The van der Waals surface area contributed by atoms with Crippen molar-refractivity contribution in [1.82, 2.24) is 0 Å². The van der Waals surface area contributed by atoms with E-state index in [1.807, 2.05) is 67.6 Å². The summed E-state index contributed by atoms with van der Waals surface area (Å²) in [6.45, 7) is 2.76. The van der Waals surface area contributed by atoms with Crippen LogP contribution >= 0.6 is 0 Å². The average Bonchev–Trinajstić information content (AvgIpc) is 3.57. The first kappa shape index (κ1) is 66.4. The van der Waals surface area contributed by atoms with Gasteiger partial charge in [0.2, 0.25) is 0 Å². The van der Waals surface area contributed by atoms with Gasteiger partial charge in [-0.15, -0.1) is 0 Å². The van der Waals surface area contributed by atoms with Crippen LogP contribution in [0.15, 0.2) is 60.7 Å². The summed E-state index contributed by atoms with van der Waals surface area (Å²) >= 11 is 0. The van der Waals surface area contributed by atoms with Crippen LogP contribution < -0.4 is 0 Å². The highest BCUT2D eigenvalue weighted by atomic mass is 16.8. The molecule has 0 saturated carbocycles. The molecule has 0 spiro atoms. The van der Waals surface area contributed by atoms with E-state index in [1.165, 1.54) is 28.4 Å². The maximum absolute atomic E-state index is 6.98. The Morgan fingerprint density at radius 3 is 1.12 bits per heavy atom. The Morgan fingerprint density at radius 2 is 0.723 bits per heavy atom. The molecule has 25 heteroatoms. The van der Waals surface area contributed by atoms with Gasteiger partial charge in [-0.1, -0.05) is 60.7 Å². The van der Waals surface area contributed by atoms with Gasteiger partial charge < -0.3 is 118 Å². The molecule has 26 atom stereocenters. The van der Waals surface area contributed by atoms with Gasteiger partial charge in [0.1, 0.15) is 122 Å². The van der Waals surface area contributed by atoms with E-state index in [4.69, 9.17) is 118 Å². The van der Waals surface area contributed by atoms with Gasteiger partial charge in [-0.25, -0.2) is 0 Å². The molecule has 0 aromatic heterocycles. The highest BCUT2D eigenvalue weighted by Crippen LogP contribution is 2.41. The van der Waals surface area contributed by atoms with Crippen molar-refractivity contribution in [2.24, 2.45) is 0 Å². The summed E-state index contributed by atoms with van der Waals surface area (Å²) in [4.78, 5) is 0. The van der Waals surface area contributed by atoms with Crippen LogP contribution in [0.1, 0.15) is 24.3 Å². The van der Waals surface area contributed by atoms with Crippen molar-refractivity contribution in [3.05, 3.63) is 71.8 Å². The zero-order valence-electron chi connectivity index (χ0n) is 50.2. The summed E-state index contributed by atoms with van der Waals surface area (Å²) in [5.41, 5.74) is 1.87. The predicted octanol–water partition coefficient (Wildman–Crippen LogP) is 2.63. The topological polar surface area (TPSA) is 231 Å². The van der Waals surface area contributed by atoms with E-state index in [0.29, 0.717) is 6.61 Å². The molecule has 0 amide bonds. The minimum Gasteiger partial charge on any atom is -0.382 e. The van der Waals surface area contributed by atoms with Crippen LogP contribution in [-0.2, 0) is 125 Å². The zero-order valence-corrected chi connectivity index (χ0v) is 50.2. The van der Waals surface area contributed by atoms with Crippen molar-refractivity contribution >= 4 is 0 Å². The molecule has 6 fully saturated rings. The standard InChI is InChI=1S/C58H90O25/c1-31-39(62-5)45(63-6)43(37(74-31)29-72-25-32-21-17-15-18-22-32)83-57-52(70-13)47(65-8)41(35(77-57)27-60-3)81-55-50(68-11)46(64-7)40(34(75-55)26-59-2)80-56-51(69-12)48(66-9)42(36(76-56)28-61-4)82-58-53(71-14)49(67-10)44-38(78-58)30-73-54(79-44)33-23-19-16-20-24-33/h15-24,31,34-58H,25-30H2,1-14H3/t31-,34-,35-,36?,37?,38?,39?,40+,41+,42+,43+,44+,45+,46?,47?,48-,49-,50?,51?,52?,53?,54?,55-,56-,57-,58+/m0/s1. The van der Waals surface area contributed by atoms with E-state index >= 15 is 0 Å². The number of ether oxygens (including phenoxy) is 25. The molecular weight excluding hydrogens is 1100 g/mol. The van der Waals surface area contributed by atoms with Crippen LogP contribution in [0, 0.1) is 0 Å². The Morgan fingerprint density at radius 1 is 0.361 bits per heavy atom. The Hall–Kier alpha value is -2.56. The van der Waals surface area contributed by atoms with E-state index in [1.54, 1.807) is 64.0 Å². The van der Waals surface area contributed by atoms with Crippen LogP contribution in [0.5, 0.6) is 0 Å². The van der Waals surface area contributed by atoms with Gasteiger partial charge in [-0.2, -0.15) is 0 Å². The Labute approximate surface area is 487 Å². The summed E-state index contributed by atoms with van der Waals surface area (Å²) < 4.78 is 159. The average molecular weight is 1190 g/mol. The molecule has 83 heavy (non-hydrogen) atoms. The quantitative estimate of drug-likeness (QED) is 0.114. The number of rotatable bonds is 29. The SMILES string of the molecule is COCC1O[C@@H](O[C@H]2C(OC)C(OC)[C@H](O[C@H]3C(OC)C(OC)[C@H](O[C@@H]4C(COCc5ccccc5)O[C@@H](C)C(OC)[C@H]4OC)O[C@H]3COC)O[C@H]2COC)C(OC)[C@@H](OC)[C@@H]1O[C@H]1OC2COC(c3ccccc3)O[C@H]2[C@H](OC)C1OC. The van der Waals surface area contributed by atoms with Crippen molar-refractivity contribution < 1.29 is 118 Å². The maximum Gasteiger partial charge on any atom is 0.187 e. The Bertz CT molecular complexity index is 2120. The molecule has 6 aliphatic heterocycles. The van der Waals surface area contributed by atoms with Crippen molar-refractivity contribution in [2.75, 3.05) is 125 Å². The Kier molecular flexibility index (Phi) is 26.1. The minimum absolute atomic E-state index is 0.0142. The third-order valence-electron chi connectivity index (χ3n) is 16.3. The van der Waals surface area contributed by atoms with Crippen LogP contribution in [-0.4, -0.2) is 279 Å². The van der Waals surface area contributed by atoms with Gasteiger partial charge in [0.05, 0.1) is 45.7 Å². The van der Waals surface area contributed by atoms with Crippen molar-refractivity contribution in [2.45, 2.75) is 173 Å². The summed E-state index contributed by atoms with van der Waals surface area (Å²) in [6, 6.07) is 19.5. The smallest absolute Gasteiger partial charge is 0.187 e. The monoisotopic (exact) mass is 1190 g/mol. The van der Waals surface area contributed by atoms with Crippen molar-refractivity contribution in [3.8, 4) is 0 Å². The van der Waals surface area contributed by atoms with Crippen LogP contribution in [0.4, 0.5) is 0 Å². The second-order valence-corrected chi connectivity index (χ2v) is 21.0. The number of fused-ring (bicyclic) bond motifs is 1. The van der Waals surface area contributed by atoms with Gasteiger partial charge in [-0.05, 0) is 12.5 Å².